The van der Waals surface area contributed by atoms with Gasteiger partial charge in [0.25, 0.3) is 5.56 Å². The second kappa shape index (κ2) is 7.37. The van der Waals surface area contributed by atoms with Gasteiger partial charge in [-0.1, -0.05) is 41.6 Å². The molecule has 3 aromatic rings. The van der Waals surface area contributed by atoms with Crippen LogP contribution < -0.4 is 5.56 Å². The zero-order valence-corrected chi connectivity index (χ0v) is 15.7. The first-order valence-electron chi connectivity index (χ1n) is 7.83. The van der Waals surface area contributed by atoms with Gasteiger partial charge in [0.05, 0.1) is 11.1 Å². The topological polar surface area (TPSA) is 52.0 Å². The van der Waals surface area contributed by atoms with Crippen LogP contribution in [-0.2, 0) is 6.54 Å². The van der Waals surface area contributed by atoms with Crippen LogP contribution in [0.3, 0.4) is 0 Å². The van der Waals surface area contributed by atoms with Crippen LogP contribution in [0.25, 0.3) is 10.2 Å². The second-order valence-corrected chi connectivity index (χ2v) is 7.61. The van der Waals surface area contributed by atoms with Gasteiger partial charge in [-0.15, -0.1) is 17.9 Å². The summed E-state index contributed by atoms with van der Waals surface area (Å²) < 4.78 is 1.57. The van der Waals surface area contributed by atoms with Gasteiger partial charge < -0.3 is 0 Å². The summed E-state index contributed by atoms with van der Waals surface area (Å²) in [5, 5.41) is 3.02. The molecule has 3 rings (SSSR count). The van der Waals surface area contributed by atoms with Crippen LogP contribution >= 0.6 is 23.1 Å². The largest absolute Gasteiger partial charge is 0.293 e. The van der Waals surface area contributed by atoms with Crippen LogP contribution in [0.1, 0.15) is 21.5 Å². The summed E-state index contributed by atoms with van der Waals surface area (Å²) in [5.41, 5.74) is 2.72. The van der Waals surface area contributed by atoms with Crippen molar-refractivity contribution < 1.29 is 4.79 Å². The number of thioether (sulfide) groups is 1. The number of carbonyl (C=O) groups excluding carboxylic acids is 1. The molecule has 0 aliphatic carbocycles. The maximum Gasteiger partial charge on any atom is 0.263 e. The Bertz CT molecular complexity index is 1020. The van der Waals surface area contributed by atoms with Crippen molar-refractivity contribution in [1.82, 2.24) is 9.55 Å². The van der Waals surface area contributed by atoms with Gasteiger partial charge in [-0.05, 0) is 30.9 Å². The lowest BCUT2D eigenvalue weighted by atomic mass is 10.0. The monoisotopic (exact) mass is 370 g/mol. The Balaban J connectivity index is 1.89. The predicted molar refractivity (Wildman–Crippen MR) is 105 cm³/mol. The Labute approximate surface area is 154 Å². The minimum absolute atomic E-state index is 0.0354. The fourth-order valence-corrected chi connectivity index (χ4v) is 4.36. The summed E-state index contributed by atoms with van der Waals surface area (Å²) in [5.74, 6) is 0.276. The normalized spacial score (nSPS) is 11.0. The van der Waals surface area contributed by atoms with Crippen LogP contribution in [0.2, 0.25) is 0 Å². The second-order valence-electron chi connectivity index (χ2n) is 5.77. The molecule has 25 heavy (non-hydrogen) atoms. The van der Waals surface area contributed by atoms with E-state index in [4.69, 9.17) is 0 Å². The van der Waals surface area contributed by atoms with Crippen molar-refractivity contribution in [2.75, 3.05) is 5.75 Å². The first-order chi connectivity index (χ1) is 12.0. The van der Waals surface area contributed by atoms with Crippen molar-refractivity contribution in [3.8, 4) is 0 Å². The standard InChI is InChI=1S/C19H18N2O2S2/c1-4-8-21-18(23)15-7-9-24-17(15)20-19(21)25-11-16(22)14-6-5-12(2)10-13(14)3/h4-7,9-10H,1,8,11H2,2-3H3. The van der Waals surface area contributed by atoms with E-state index in [9.17, 15) is 9.59 Å². The van der Waals surface area contributed by atoms with Gasteiger partial charge in [0, 0.05) is 12.1 Å². The molecule has 0 fully saturated rings. The van der Waals surface area contributed by atoms with E-state index >= 15 is 0 Å². The van der Waals surface area contributed by atoms with Crippen molar-refractivity contribution in [3.05, 3.63) is 69.3 Å². The van der Waals surface area contributed by atoms with Gasteiger partial charge in [-0.3, -0.25) is 14.2 Å². The summed E-state index contributed by atoms with van der Waals surface area (Å²) in [6.45, 7) is 8.02. The summed E-state index contributed by atoms with van der Waals surface area (Å²) in [7, 11) is 0. The average Bonchev–Trinajstić information content (AvgIpc) is 3.04. The highest BCUT2D eigenvalue weighted by atomic mass is 32.2. The number of thiophene rings is 1. The lowest BCUT2D eigenvalue weighted by molar-refractivity contribution is 0.102. The molecule has 0 amide bonds. The molecule has 0 atom stereocenters. The molecule has 2 heterocycles. The third-order valence-corrected chi connectivity index (χ3v) is 5.66. The number of aromatic nitrogens is 2. The van der Waals surface area contributed by atoms with E-state index in [-0.39, 0.29) is 17.1 Å². The molecule has 0 saturated heterocycles. The van der Waals surface area contributed by atoms with Gasteiger partial charge in [0.1, 0.15) is 4.83 Å². The number of Topliss-reactive ketones (excluding diaryl/α,β-unsaturated/α-hetero) is 1. The molecular formula is C19H18N2O2S2. The van der Waals surface area contributed by atoms with Gasteiger partial charge in [0.15, 0.2) is 10.9 Å². The third kappa shape index (κ3) is 3.60. The number of rotatable bonds is 6. The average molecular weight is 370 g/mol. The Kier molecular flexibility index (Phi) is 5.20. The molecule has 0 aliphatic heterocycles. The highest BCUT2D eigenvalue weighted by molar-refractivity contribution is 7.99. The molecule has 128 valence electrons. The van der Waals surface area contributed by atoms with E-state index in [1.807, 2.05) is 37.4 Å². The minimum Gasteiger partial charge on any atom is -0.293 e. The van der Waals surface area contributed by atoms with Crippen LogP contribution in [-0.4, -0.2) is 21.1 Å². The Hall–Kier alpha value is -2.18. The van der Waals surface area contributed by atoms with Crippen molar-refractivity contribution in [3.63, 3.8) is 0 Å². The van der Waals surface area contributed by atoms with Crippen molar-refractivity contribution in [2.45, 2.75) is 25.5 Å². The maximum absolute atomic E-state index is 12.6. The summed E-state index contributed by atoms with van der Waals surface area (Å²) in [6, 6.07) is 7.58. The fourth-order valence-electron chi connectivity index (χ4n) is 2.66. The molecule has 0 radical (unpaired) electrons. The molecule has 0 bridgehead atoms. The molecule has 0 spiro atoms. The first kappa shape index (κ1) is 17.6. The van der Waals surface area contributed by atoms with Crippen molar-refractivity contribution >= 4 is 39.1 Å². The SMILES string of the molecule is C=CCn1c(SCC(=O)c2ccc(C)cc2C)nc2sccc2c1=O. The molecule has 0 unspecified atom stereocenters. The van der Waals surface area contributed by atoms with Crippen LogP contribution in [0.5, 0.6) is 0 Å². The fraction of sp³-hybridized carbons (Fsp3) is 0.211. The number of benzene rings is 1. The molecule has 6 heteroatoms. The third-order valence-electron chi connectivity index (χ3n) is 3.87. The molecule has 1 aromatic carbocycles. The lowest BCUT2D eigenvalue weighted by Gasteiger charge is -2.10. The van der Waals surface area contributed by atoms with E-state index in [0.29, 0.717) is 27.5 Å². The quantitative estimate of drug-likeness (QED) is 0.282. The van der Waals surface area contributed by atoms with Gasteiger partial charge >= 0.3 is 0 Å². The number of allylic oxidation sites excluding steroid dienone is 1. The van der Waals surface area contributed by atoms with Crippen molar-refractivity contribution in [2.24, 2.45) is 0 Å². The van der Waals surface area contributed by atoms with Gasteiger partial charge in [-0.2, -0.15) is 0 Å². The van der Waals surface area contributed by atoms with E-state index in [1.165, 1.54) is 23.1 Å². The number of carbonyl (C=O) groups is 1. The molecule has 2 aromatic heterocycles. The maximum atomic E-state index is 12.6. The lowest BCUT2D eigenvalue weighted by Crippen LogP contribution is -2.22. The molecule has 0 saturated carbocycles. The zero-order chi connectivity index (χ0) is 18.0. The molecular weight excluding hydrogens is 352 g/mol. The summed E-state index contributed by atoms with van der Waals surface area (Å²) in [6.07, 6.45) is 1.66. The number of aryl methyl sites for hydroxylation is 2. The van der Waals surface area contributed by atoms with E-state index in [1.54, 1.807) is 16.7 Å². The number of ketones is 1. The molecule has 0 N–H and O–H groups in total. The summed E-state index contributed by atoms with van der Waals surface area (Å²) in [4.78, 5) is 30.4. The number of hydrogen-bond donors (Lipinski definition) is 0. The minimum atomic E-state index is -0.0902. The van der Waals surface area contributed by atoms with Crippen LogP contribution in [0.4, 0.5) is 0 Å². The van der Waals surface area contributed by atoms with Crippen molar-refractivity contribution in [1.29, 1.82) is 0 Å². The van der Waals surface area contributed by atoms with Crippen LogP contribution in [0, 0.1) is 13.8 Å². The highest BCUT2D eigenvalue weighted by Gasteiger charge is 2.15. The number of hydrogen-bond acceptors (Lipinski definition) is 5. The highest BCUT2D eigenvalue weighted by Crippen LogP contribution is 2.23. The van der Waals surface area contributed by atoms with Crippen LogP contribution in [0.15, 0.2) is 52.3 Å². The van der Waals surface area contributed by atoms with E-state index < -0.39 is 0 Å². The number of nitrogens with zero attached hydrogens (tertiary/aromatic N) is 2. The Morgan fingerprint density at radius 2 is 2.16 bits per heavy atom. The number of fused-ring (bicyclic) bond motifs is 1. The Morgan fingerprint density at radius 3 is 2.88 bits per heavy atom. The smallest absolute Gasteiger partial charge is 0.263 e. The summed E-state index contributed by atoms with van der Waals surface area (Å²) >= 11 is 2.73. The molecule has 4 nitrogen and oxygen atoms in total. The first-order valence-corrected chi connectivity index (χ1v) is 9.70. The van der Waals surface area contributed by atoms with E-state index in [0.717, 1.165) is 11.1 Å². The predicted octanol–water partition coefficient (Wildman–Crippen LogP) is 4.24. The van der Waals surface area contributed by atoms with Gasteiger partial charge in [0.2, 0.25) is 0 Å². The van der Waals surface area contributed by atoms with Gasteiger partial charge in [-0.25, -0.2) is 4.98 Å². The molecule has 0 aliphatic rings. The van der Waals surface area contributed by atoms with E-state index in [2.05, 4.69) is 11.6 Å². The Morgan fingerprint density at radius 1 is 1.36 bits per heavy atom. The zero-order valence-electron chi connectivity index (χ0n) is 14.1.